The topological polar surface area (TPSA) is 65.5 Å². The fourth-order valence-electron chi connectivity index (χ4n) is 2.37. The van der Waals surface area contributed by atoms with Gasteiger partial charge in [-0.05, 0) is 31.0 Å². The Bertz CT molecular complexity index is 634. The van der Waals surface area contributed by atoms with Crippen molar-refractivity contribution in [2.24, 2.45) is 0 Å². The minimum atomic E-state index is -0.148. The van der Waals surface area contributed by atoms with Crippen molar-refractivity contribution in [3.8, 4) is 0 Å². The first-order chi connectivity index (χ1) is 11.6. The zero-order valence-corrected chi connectivity index (χ0v) is 14.4. The van der Waals surface area contributed by atoms with Crippen LogP contribution in [0.25, 0.3) is 0 Å². The van der Waals surface area contributed by atoms with Gasteiger partial charge in [-0.3, -0.25) is 9.69 Å². The molecule has 6 heteroatoms. The Kier molecular flexibility index (Phi) is 7.18. The van der Waals surface area contributed by atoms with Crippen LogP contribution in [0.4, 0.5) is 5.82 Å². The molecule has 128 valence electrons. The van der Waals surface area contributed by atoms with Gasteiger partial charge in [-0.15, -0.1) is 0 Å². The predicted molar refractivity (Wildman–Crippen MR) is 95.9 cm³/mol. The summed E-state index contributed by atoms with van der Waals surface area (Å²) in [7, 11) is 0. The van der Waals surface area contributed by atoms with Crippen molar-refractivity contribution >= 4 is 23.3 Å². The lowest BCUT2D eigenvalue weighted by Crippen LogP contribution is -2.39. The molecular formula is C18H22ClN3O2. The van der Waals surface area contributed by atoms with Gasteiger partial charge < -0.3 is 10.4 Å². The van der Waals surface area contributed by atoms with Crippen molar-refractivity contribution in [3.05, 3.63) is 59.2 Å². The van der Waals surface area contributed by atoms with E-state index in [0.29, 0.717) is 23.8 Å². The molecule has 1 amide bonds. The molecule has 1 unspecified atom stereocenters. The van der Waals surface area contributed by atoms with Crippen LogP contribution in [-0.2, 0) is 11.3 Å². The summed E-state index contributed by atoms with van der Waals surface area (Å²) in [5.41, 5.74) is 1.12. The average molecular weight is 348 g/mol. The standard InChI is InChI=1S/C18H22ClN3O2/c1-14(9-10-23)22(12-15-5-3-2-4-6-15)13-18(24)21-17-8-7-16(19)11-20-17/h2-8,11,14,23H,9-10,12-13H2,1H3,(H,20,21,24). The number of aliphatic hydroxyl groups is 1. The first-order valence-corrected chi connectivity index (χ1v) is 8.26. The molecule has 5 nitrogen and oxygen atoms in total. The first kappa shape index (κ1) is 18.4. The zero-order chi connectivity index (χ0) is 17.4. The number of halogens is 1. The minimum Gasteiger partial charge on any atom is -0.396 e. The molecule has 0 saturated carbocycles. The number of amides is 1. The fraction of sp³-hybridized carbons (Fsp3) is 0.333. The molecule has 0 fully saturated rings. The smallest absolute Gasteiger partial charge is 0.239 e. The molecule has 1 aromatic heterocycles. The van der Waals surface area contributed by atoms with Gasteiger partial charge in [0.2, 0.25) is 5.91 Å². The van der Waals surface area contributed by atoms with Gasteiger partial charge in [0.05, 0.1) is 11.6 Å². The Morgan fingerprint density at radius 2 is 2.04 bits per heavy atom. The third kappa shape index (κ3) is 5.92. The highest BCUT2D eigenvalue weighted by Crippen LogP contribution is 2.12. The van der Waals surface area contributed by atoms with Crippen LogP contribution in [0.5, 0.6) is 0 Å². The molecule has 0 bridgehead atoms. The molecule has 1 heterocycles. The second-order valence-corrected chi connectivity index (χ2v) is 6.10. The summed E-state index contributed by atoms with van der Waals surface area (Å²) < 4.78 is 0. The number of carbonyl (C=O) groups is 1. The number of anilines is 1. The normalized spacial score (nSPS) is 12.2. The van der Waals surface area contributed by atoms with Crippen molar-refractivity contribution in [1.82, 2.24) is 9.88 Å². The van der Waals surface area contributed by atoms with Crippen molar-refractivity contribution in [2.45, 2.75) is 25.9 Å². The first-order valence-electron chi connectivity index (χ1n) is 7.88. The number of aromatic nitrogens is 1. The summed E-state index contributed by atoms with van der Waals surface area (Å²) in [5.74, 6) is 0.324. The maximum absolute atomic E-state index is 12.3. The minimum absolute atomic E-state index is 0.0825. The van der Waals surface area contributed by atoms with Crippen molar-refractivity contribution < 1.29 is 9.90 Å². The molecule has 0 saturated heterocycles. The third-order valence-electron chi connectivity index (χ3n) is 3.74. The van der Waals surface area contributed by atoms with Gasteiger partial charge in [-0.2, -0.15) is 0 Å². The molecule has 2 aromatic rings. The molecule has 0 aliphatic carbocycles. The molecule has 0 aliphatic rings. The van der Waals surface area contributed by atoms with Gasteiger partial charge in [-0.25, -0.2) is 4.98 Å². The Morgan fingerprint density at radius 1 is 1.29 bits per heavy atom. The van der Waals surface area contributed by atoms with Crippen molar-refractivity contribution in [1.29, 1.82) is 0 Å². The Labute approximate surface area is 147 Å². The Hall–Kier alpha value is -1.95. The average Bonchev–Trinajstić information content (AvgIpc) is 2.57. The summed E-state index contributed by atoms with van der Waals surface area (Å²) in [4.78, 5) is 18.4. The summed E-state index contributed by atoms with van der Waals surface area (Å²) in [6.45, 7) is 2.96. The molecule has 0 radical (unpaired) electrons. The number of aliphatic hydroxyl groups excluding tert-OH is 1. The number of nitrogens with one attached hydrogen (secondary N) is 1. The van der Waals surface area contributed by atoms with E-state index in [1.54, 1.807) is 12.1 Å². The molecule has 1 aromatic carbocycles. The van der Waals surface area contributed by atoms with Crippen LogP contribution in [0.1, 0.15) is 18.9 Å². The lowest BCUT2D eigenvalue weighted by Gasteiger charge is -2.28. The molecule has 1 atom stereocenters. The number of nitrogens with zero attached hydrogens (tertiary/aromatic N) is 2. The van der Waals surface area contributed by atoms with Crippen LogP contribution in [0.2, 0.25) is 5.02 Å². The van der Waals surface area contributed by atoms with E-state index in [4.69, 9.17) is 11.6 Å². The van der Waals surface area contributed by atoms with Crippen LogP contribution in [0, 0.1) is 0 Å². The highest BCUT2D eigenvalue weighted by molar-refractivity contribution is 6.30. The molecule has 0 spiro atoms. The van der Waals surface area contributed by atoms with Gasteiger partial charge in [0.15, 0.2) is 0 Å². The van der Waals surface area contributed by atoms with E-state index in [2.05, 4.69) is 10.3 Å². The lowest BCUT2D eigenvalue weighted by atomic mass is 10.1. The molecular weight excluding hydrogens is 326 g/mol. The van der Waals surface area contributed by atoms with Crippen LogP contribution in [-0.4, -0.2) is 40.1 Å². The van der Waals surface area contributed by atoms with E-state index in [9.17, 15) is 9.90 Å². The second kappa shape index (κ2) is 9.37. The maximum atomic E-state index is 12.3. The van der Waals surface area contributed by atoms with Gasteiger partial charge in [-0.1, -0.05) is 41.9 Å². The monoisotopic (exact) mass is 347 g/mol. The van der Waals surface area contributed by atoms with E-state index < -0.39 is 0 Å². The number of hydrogen-bond acceptors (Lipinski definition) is 4. The zero-order valence-electron chi connectivity index (χ0n) is 13.7. The summed E-state index contributed by atoms with van der Waals surface area (Å²) in [6.07, 6.45) is 2.10. The van der Waals surface area contributed by atoms with Gasteiger partial charge in [0.1, 0.15) is 5.82 Å². The maximum Gasteiger partial charge on any atom is 0.239 e. The van der Waals surface area contributed by atoms with Gasteiger partial charge >= 0.3 is 0 Å². The van der Waals surface area contributed by atoms with Crippen LogP contribution in [0.3, 0.4) is 0 Å². The molecule has 2 rings (SSSR count). The second-order valence-electron chi connectivity index (χ2n) is 5.66. The largest absolute Gasteiger partial charge is 0.396 e. The van der Waals surface area contributed by atoms with Gasteiger partial charge in [0, 0.05) is 25.4 Å². The third-order valence-corrected chi connectivity index (χ3v) is 3.96. The van der Waals surface area contributed by atoms with Gasteiger partial charge in [0.25, 0.3) is 0 Å². The van der Waals surface area contributed by atoms with E-state index in [0.717, 1.165) is 5.56 Å². The predicted octanol–water partition coefficient (Wildman–Crippen LogP) is 2.95. The quantitative estimate of drug-likeness (QED) is 0.770. The number of pyridine rings is 1. The van der Waals surface area contributed by atoms with E-state index in [1.807, 2.05) is 42.2 Å². The van der Waals surface area contributed by atoms with Crippen LogP contribution in [0.15, 0.2) is 48.7 Å². The lowest BCUT2D eigenvalue weighted by molar-refractivity contribution is -0.118. The number of benzene rings is 1. The summed E-state index contributed by atoms with van der Waals surface area (Å²) >= 11 is 5.79. The highest BCUT2D eigenvalue weighted by Gasteiger charge is 2.17. The Morgan fingerprint density at radius 3 is 2.67 bits per heavy atom. The molecule has 2 N–H and O–H groups in total. The van der Waals surface area contributed by atoms with Crippen molar-refractivity contribution in [2.75, 3.05) is 18.5 Å². The van der Waals surface area contributed by atoms with E-state index in [1.165, 1.54) is 6.20 Å². The molecule has 24 heavy (non-hydrogen) atoms. The number of rotatable bonds is 8. The summed E-state index contributed by atoms with van der Waals surface area (Å²) in [5, 5.41) is 12.5. The number of hydrogen-bond donors (Lipinski definition) is 2. The van der Waals surface area contributed by atoms with Crippen LogP contribution < -0.4 is 5.32 Å². The van der Waals surface area contributed by atoms with Crippen molar-refractivity contribution in [3.63, 3.8) is 0 Å². The SMILES string of the molecule is CC(CCO)N(CC(=O)Nc1ccc(Cl)cn1)Cc1ccccc1. The van der Waals surface area contributed by atoms with Crippen LogP contribution >= 0.6 is 11.6 Å². The Balaban J connectivity index is 2.00. The van der Waals surface area contributed by atoms with E-state index in [-0.39, 0.29) is 25.1 Å². The highest BCUT2D eigenvalue weighted by atomic mass is 35.5. The fourth-order valence-corrected chi connectivity index (χ4v) is 2.48. The summed E-state index contributed by atoms with van der Waals surface area (Å²) in [6, 6.07) is 13.4. The molecule has 0 aliphatic heterocycles. The number of carbonyl (C=O) groups excluding carboxylic acids is 1. The van der Waals surface area contributed by atoms with E-state index >= 15 is 0 Å².